The zero-order valence-corrected chi connectivity index (χ0v) is 18.7. The third kappa shape index (κ3) is 5.32. The van der Waals surface area contributed by atoms with Crippen LogP contribution in [-0.2, 0) is 25.4 Å². The summed E-state index contributed by atoms with van der Waals surface area (Å²) in [6, 6.07) is 7.84. The van der Waals surface area contributed by atoms with Crippen LogP contribution >= 0.6 is 0 Å². The first-order valence-electron chi connectivity index (χ1n) is 10.8. The highest BCUT2D eigenvalue weighted by atomic mass is 16.7. The van der Waals surface area contributed by atoms with E-state index < -0.39 is 0 Å². The van der Waals surface area contributed by atoms with Gasteiger partial charge in [-0.1, -0.05) is 32.9 Å². The molecule has 31 heavy (non-hydrogen) atoms. The van der Waals surface area contributed by atoms with Gasteiger partial charge in [-0.3, -0.25) is 4.79 Å². The number of esters is 1. The van der Waals surface area contributed by atoms with Crippen molar-refractivity contribution in [1.29, 1.82) is 0 Å². The molecule has 8 heteroatoms. The molecule has 2 aromatic heterocycles. The number of carbonyl (C=O) groups is 1. The number of fused-ring (bicyclic) bond motifs is 3. The number of hydrogen-bond donors (Lipinski definition) is 0. The van der Waals surface area contributed by atoms with E-state index in [4.69, 9.17) is 23.9 Å². The summed E-state index contributed by atoms with van der Waals surface area (Å²) in [4.78, 5) is 21.6. The average Bonchev–Trinajstić information content (AvgIpc) is 3.16. The zero-order valence-electron chi connectivity index (χ0n) is 18.7. The molecule has 1 atom stereocenters. The Morgan fingerprint density at radius 2 is 1.94 bits per heavy atom. The summed E-state index contributed by atoms with van der Waals surface area (Å²) in [6.07, 6.45) is 1.85. The number of carbonyl (C=O) groups excluding carboxylic acids is 1. The Labute approximate surface area is 182 Å². The van der Waals surface area contributed by atoms with Gasteiger partial charge in [0.05, 0.1) is 43.0 Å². The van der Waals surface area contributed by atoms with Crippen LogP contribution in [0.2, 0.25) is 0 Å². The Hall–Kier alpha value is -2.71. The minimum atomic E-state index is -0.376. The number of rotatable bonds is 12. The van der Waals surface area contributed by atoms with Crippen molar-refractivity contribution in [3.05, 3.63) is 35.5 Å². The van der Waals surface area contributed by atoms with E-state index in [-0.39, 0.29) is 31.7 Å². The lowest BCUT2D eigenvalue weighted by Crippen LogP contribution is -2.16. The quantitative estimate of drug-likeness (QED) is 0.245. The molecule has 0 unspecified atom stereocenters. The van der Waals surface area contributed by atoms with Gasteiger partial charge in [-0.15, -0.1) is 0 Å². The van der Waals surface area contributed by atoms with Crippen LogP contribution in [-0.4, -0.2) is 54.1 Å². The molecule has 0 radical (unpaired) electrons. The number of methoxy groups -OCH3 is 1. The molecule has 0 amide bonds. The fourth-order valence-corrected chi connectivity index (χ4v) is 3.42. The second kappa shape index (κ2) is 11.1. The molecule has 168 valence electrons. The van der Waals surface area contributed by atoms with Crippen LogP contribution in [0.25, 0.3) is 16.8 Å². The molecule has 0 aliphatic rings. The number of para-hydroxylation sites is 2. The Kier molecular flexibility index (Phi) is 8.20. The number of nitrogens with zero attached hydrogens (tertiary/aromatic N) is 3. The summed E-state index contributed by atoms with van der Waals surface area (Å²) < 4.78 is 23.4. The van der Waals surface area contributed by atoms with Crippen LogP contribution in [0.4, 0.5) is 0 Å². The molecule has 2 heterocycles. The lowest BCUT2D eigenvalue weighted by Gasteiger charge is -2.19. The maximum absolute atomic E-state index is 12.0. The van der Waals surface area contributed by atoms with E-state index in [1.54, 1.807) is 7.11 Å². The second-order valence-corrected chi connectivity index (χ2v) is 7.31. The molecule has 8 nitrogen and oxygen atoms in total. The lowest BCUT2D eigenvalue weighted by molar-refractivity contribution is -0.151. The molecule has 0 spiro atoms. The van der Waals surface area contributed by atoms with Crippen molar-refractivity contribution in [2.24, 2.45) is 0 Å². The van der Waals surface area contributed by atoms with E-state index in [2.05, 4.69) is 25.8 Å². The molecule has 0 fully saturated rings. The summed E-state index contributed by atoms with van der Waals surface area (Å²) in [7, 11) is 1.60. The van der Waals surface area contributed by atoms with E-state index in [0.29, 0.717) is 24.9 Å². The van der Waals surface area contributed by atoms with E-state index in [1.807, 2.05) is 28.7 Å². The summed E-state index contributed by atoms with van der Waals surface area (Å²) in [6.45, 7) is 7.39. The maximum atomic E-state index is 12.0. The van der Waals surface area contributed by atoms with Gasteiger partial charge in [-0.25, -0.2) is 14.4 Å². The van der Waals surface area contributed by atoms with Crippen molar-refractivity contribution in [1.82, 2.24) is 14.4 Å². The smallest absolute Gasteiger partial charge is 0.311 e. The standard InChI is InChI=1S/C23H31N3O5/c1-5-16(3)21-17(6-2)22(31-15-30-20(27)11-12-29-14-13-28-4)26-19-10-8-7-9-18(19)24-23(26)25-21/h7-10,16H,5-6,11-15H2,1-4H3/t16-/m0/s1. The lowest BCUT2D eigenvalue weighted by atomic mass is 9.99. The van der Waals surface area contributed by atoms with E-state index in [9.17, 15) is 4.79 Å². The first-order valence-corrected chi connectivity index (χ1v) is 10.8. The Morgan fingerprint density at radius 1 is 1.13 bits per heavy atom. The summed E-state index contributed by atoms with van der Waals surface area (Å²) in [5.41, 5.74) is 3.72. The van der Waals surface area contributed by atoms with Crippen LogP contribution in [0.1, 0.15) is 50.8 Å². The molecule has 0 saturated heterocycles. The van der Waals surface area contributed by atoms with Gasteiger partial charge in [-0.2, -0.15) is 0 Å². The summed E-state index contributed by atoms with van der Waals surface area (Å²) in [5, 5.41) is 0. The van der Waals surface area contributed by atoms with Crippen LogP contribution in [0.5, 0.6) is 5.88 Å². The molecule has 0 saturated carbocycles. The molecule has 1 aromatic carbocycles. The first kappa shape index (κ1) is 23.0. The highest BCUT2D eigenvalue weighted by molar-refractivity contribution is 5.80. The van der Waals surface area contributed by atoms with Crippen LogP contribution in [0.3, 0.4) is 0 Å². The van der Waals surface area contributed by atoms with Crippen molar-refractivity contribution >= 4 is 22.8 Å². The SMILES string of the molecule is CCc1c([C@@H](C)CC)nc2nc3ccccc3n2c1OCOC(=O)CCOCCOC. The van der Waals surface area contributed by atoms with Gasteiger partial charge < -0.3 is 18.9 Å². The van der Waals surface area contributed by atoms with Gasteiger partial charge >= 0.3 is 5.97 Å². The van der Waals surface area contributed by atoms with Crippen molar-refractivity contribution in [3.63, 3.8) is 0 Å². The average molecular weight is 430 g/mol. The Bertz CT molecular complexity index is 1020. The molecule has 0 aliphatic carbocycles. The highest BCUT2D eigenvalue weighted by Gasteiger charge is 2.21. The van der Waals surface area contributed by atoms with Crippen molar-refractivity contribution in [2.75, 3.05) is 33.7 Å². The van der Waals surface area contributed by atoms with Crippen molar-refractivity contribution in [3.8, 4) is 5.88 Å². The predicted molar refractivity (Wildman–Crippen MR) is 117 cm³/mol. The molecule has 0 bridgehead atoms. The van der Waals surface area contributed by atoms with Gasteiger partial charge in [0.1, 0.15) is 0 Å². The second-order valence-electron chi connectivity index (χ2n) is 7.31. The molecular weight excluding hydrogens is 398 g/mol. The molecule has 3 rings (SSSR count). The van der Waals surface area contributed by atoms with Gasteiger partial charge in [0.15, 0.2) is 0 Å². The molecular formula is C23H31N3O5. The third-order valence-corrected chi connectivity index (χ3v) is 5.26. The summed E-state index contributed by atoms with van der Waals surface area (Å²) >= 11 is 0. The number of ether oxygens (including phenoxy) is 4. The molecule has 3 aromatic rings. The first-order chi connectivity index (χ1) is 15.1. The topological polar surface area (TPSA) is 84.2 Å². The minimum absolute atomic E-state index is 0.158. The van der Waals surface area contributed by atoms with Gasteiger partial charge in [0.2, 0.25) is 18.5 Å². The van der Waals surface area contributed by atoms with Crippen LogP contribution < -0.4 is 4.74 Å². The molecule has 0 aliphatic heterocycles. The van der Waals surface area contributed by atoms with Gasteiger partial charge in [-0.05, 0) is 30.9 Å². The largest absolute Gasteiger partial charge is 0.441 e. The van der Waals surface area contributed by atoms with Gasteiger partial charge in [0.25, 0.3) is 0 Å². The third-order valence-electron chi connectivity index (χ3n) is 5.26. The number of benzene rings is 1. The molecule has 0 N–H and O–H groups in total. The highest BCUT2D eigenvalue weighted by Crippen LogP contribution is 2.32. The fraction of sp³-hybridized carbons (Fsp3) is 0.522. The van der Waals surface area contributed by atoms with Gasteiger partial charge in [0, 0.05) is 12.7 Å². The predicted octanol–water partition coefficient (Wildman–Crippen LogP) is 3.89. The maximum Gasteiger partial charge on any atom is 0.311 e. The monoisotopic (exact) mass is 429 g/mol. The van der Waals surface area contributed by atoms with Crippen LogP contribution in [0, 0.1) is 0 Å². The van der Waals surface area contributed by atoms with E-state index in [1.165, 1.54) is 0 Å². The Balaban J connectivity index is 1.83. The Morgan fingerprint density at radius 3 is 2.68 bits per heavy atom. The van der Waals surface area contributed by atoms with Crippen molar-refractivity contribution in [2.45, 2.75) is 46.0 Å². The number of imidazole rings is 1. The zero-order chi connectivity index (χ0) is 22.2. The fourth-order valence-electron chi connectivity index (χ4n) is 3.42. The van der Waals surface area contributed by atoms with E-state index >= 15 is 0 Å². The minimum Gasteiger partial charge on any atom is -0.441 e. The van der Waals surface area contributed by atoms with Crippen molar-refractivity contribution < 1.29 is 23.7 Å². The van der Waals surface area contributed by atoms with Crippen LogP contribution in [0.15, 0.2) is 24.3 Å². The number of hydrogen-bond acceptors (Lipinski definition) is 7. The normalized spacial score (nSPS) is 12.4. The number of aromatic nitrogens is 3. The summed E-state index contributed by atoms with van der Waals surface area (Å²) in [5.74, 6) is 1.09. The van der Waals surface area contributed by atoms with E-state index in [0.717, 1.165) is 35.1 Å².